The maximum Gasteiger partial charge on any atom is 0.229 e. The van der Waals surface area contributed by atoms with Crippen LogP contribution in [0.2, 0.25) is 0 Å². The molecule has 1 amide bonds. The summed E-state index contributed by atoms with van der Waals surface area (Å²) in [6, 6.07) is 11.2. The Balaban J connectivity index is 1.50. The van der Waals surface area contributed by atoms with Gasteiger partial charge < -0.3 is 19.6 Å². The zero-order valence-electron chi connectivity index (χ0n) is 15.8. The van der Waals surface area contributed by atoms with Crippen LogP contribution in [0.1, 0.15) is 24.8 Å². The fraction of sp³-hybridized carbons (Fsp3) is 0.364. The maximum absolute atomic E-state index is 12.1. The van der Waals surface area contributed by atoms with Crippen molar-refractivity contribution in [2.75, 3.05) is 18.5 Å². The van der Waals surface area contributed by atoms with Gasteiger partial charge in [-0.05, 0) is 41.8 Å². The minimum absolute atomic E-state index is 0.0575. The lowest BCUT2D eigenvalue weighted by molar-refractivity contribution is -0.119. The maximum atomic E-state index is 12.1. The molecule has 1 saturated heterocycles. The largest absolute Gasteiger partial charge is 0.489 e. The van der Waals surface area contributed by atoms with Crippen LogP contribution in [-0.4, -0.2) is 36.5 Å². The zero-order chi connectivity index (χ0) is 20.2. The molecular formula is C22H21N3O4. The predicted molar refractivity (Wildman–Crippen MR) is 105 cm³/mol. The molecule has 0 bridgehead atoms. The molecule has 2 aromatic rings. The standard InChI is InChI=1S/C22H21N3O4/c23-12-16-9-14(1-2-20(16)29-18-4-7-28-8-5-18)15-3-6-24-21(11-15)25-22(27)19-10-17(19)13-26/h1-3,6,9,11,13,17-19H,4-5,7-8,10H2,(H,24,25,27)/t17-,19+/m0/s1. The van der Waals surface area contributed by atoms with E-state index in [1.807, 2.05) is 12.1 Å². The molecule has 7 heteroatoms. The third kappa shape index (κ3) is 4.44. The number of pyridine rings is 1. The number of rotatable bonds is 6. The quantitative estimate of drug-likeness (QED) is 0.760. The number of nitrogens with zero attached hydrogens (tertiary/aromatic N) is 2. The van der Waals surface area contributed by atoms with E-state index in [0.29, 0.717) is 36.8 Å². The van der Waals surface area contributed by atoms with E-state index in [4.69, 9.17) is 9.47 Å². The van der Waals surface area contributed by atoms with Gasteiger partial charge in [0.25, 0.3) is 0 Å². The lowest BCUT2D eigenvalue weighted by atomic mass is 10.0. The van der Waals surface area contributed by atoms with Crippen molar-refractivity contribution in [3.05, 3.63) is 42.1 Å². The lowest BCUT2D eigenvalue weighted by Crippen LogP contribution is -2.26. The second-order valence-electron chi connectivity index (χ2n) is 7.31. The average molecular weight is 391 g/mol. The van der Waals surface area contributed by atoms with Gasteiger partial charge in [-0.15, -0.1) is 0 Å². The number of amides is 1. The van der Waals surface area contributed by atoms with E-state index in [-0.39, 0.29) is 23.8 Å². The number of ether oxygens (including phenoxy) is 2. The average Bonchev–Trinajstić information content (AvgIpc) is 3.55. The van der Waals surface area contributed by atoms with E-state index >= 15 is 0 Å². The Bertz CT molecular complexity index is 963. The molecule has 0 unspecified atom stereocenters. The Labute approximate surface area is 168 Å². The lowest BCUT2D eigenvalue weighted by Gasteiger charge is -2.23. The Morgan fingerprint density at radius 2 is 2.03 bits per heavy atom. The van der Waals surface area contributed by atoms with Crippen molar-refractivity contribution in [3.8, 4) is 22.9 Å². The predicted octanol–water partition coefficient (Wildman–Crippen LogP) is 2.95. The highest BCUT2D eigenvalue weighted by atomic mass is 16.5. The van der Waals surface area contributed by atoms with Crippen LogP contribution in [0.25, 0.3) is 11.1 Å². The van der Waals surface area contributed by atoms with Crippen LogP contribution in [-0.2, 0) is 14.3 Å². The number of hydrogen-bond acceptors (Lipinski definition) is 6. The molecule has 2 atom stereocenters. The Kier molecular flexibility index (Phi) is 5.54. The van der Waals surface area contributed by atoms with E-state index in [0.717, 1.165) is 30.3 Å². The summed E-state index contributed by atoms with van der Waals surface area (Å²) in [6.45, 7) is 1.34. The second kappa shape index (κ2) is 8.41. The molecule has 2 heterocycles. The van der Waals surface area contributed by atoms with Gasteiger partial charge in [0.05, 0.1) is 18.8 Å². The van der Waals surface area contributed by atoms with Gasteiger partial charge in [0.15, 0.2) is 0 Å². The topological polar surface area (TPSA) is 101 Å². The van der Waals surface area contributed by atoms with Crippen LogP contribution in [0.15, 0.2) is 36.5 Å². The number of nitriles is 1. The van der Waals surface area contributed by atoms with E-state index in [2.05, 4.69) is 16.4 Å². The summed E-state index contributed by atoms with van der Waals surface area (Å²) in [5, 5.41) is 12.3. The fourth-order valence-electron chi connectivity index (χ4n) is 3.44. The van der Waals surface area contributed by atoms with Crippen LogP contribution >= 0.6 is 0 Å². The molecule has 148 valence electrons. The van der Waals surface area contributed by atoms with Crippen LogP contribution in [0, 0.1) is 23.2 Å². The summed E-state index contributed by atoms with van der Waals surface area (Å²) >= 11 is 0. The van der Waals surface area contributed by atoms with E-state index < -0.39 is 0 Å². The number of benzene rings is 1. The molecule has 2 fully saturated rings. The molecule has 1 N–H and O–H groups in total. The van der Waals surface area contributed by atoms with Gasteiger partial charge in [-0.25, -0.2) is 4.98 Å². The van der Waals surface area contributed by atoms with Crippen molar-refractivity contribution in [2.45, 2.75) is 25.4 Å². The first-order valence-electron chi connectivity index (χ1n) is 9.69. The second-order valence-corrected chi connectivity index (χ2v) is 7.31. The highest BCUT2D eigenvalue weighted by Crippen LogP contribution is 2.37. The first-order valence-corrected chi connectivity index (χ1v) is 9.69. The SMILES string of the molecule is N#Cc1cc(-c2ccnc(NC(=O)[C@@H]3C[C@H]3C=O)c2)ccc1OC1CCOCC1. The van der Waals surface area contributed by atoms with Crippen molar-refractivity contribution >= 4 is 18.0 Å². The van der Waals surface area contributed by atoms with E-state index in [1.165, 1.54) is 0 Å². The van der Waals surface area contributed by atoms with Gasteiger partial charge in [-0.2, -0.15) is 5.26 Å². The number of carbonyl (C=O) groups excluding carboxylic acids is 2. The summed E-state index contributed by atoms with van der Waals surface area (Å²) < 4.78 is 11.3. The number of carbonyl (C=O) groups is 2. The molecule has 2 aliphatic rings. The molecule has 1 aliphatic heterocycles. The molecule has 1 aromatic carbocycles. The van der Waals surface area contributed by atoms with Gasteiger partial charge in [-0.3, -0.25) is 4.79 Å². The van der Waals surface area contributed by atoms with Gasteiger partial charge >= 0.3 is 0 Å². The summed E-state index contributed by atoms with van der Waals surface area (Å²) in [6.07, 6.45) is 4.70. The molecular weight excluding hydrogens is 370 g/mol. The number of hydrogen-bond donors (Lipinski definition) is 1. The zero-order valence-corrected chi connectivity index (χ0v) is 15.8. The summed E-state index contributed by atoms with van der Waals surface area (Å²) in [5.41, 5.74) is 2.12. The minimum atomic E-state index is -0.259. The Hall–Kier alpha value is -3.24. The number of anilines is 1. The molecule has 4 rings (SSSR count). The van der Waals surface area contributed by atoms with Crippen LogP contribution < -0.4 is 10.1 Å². The molecule has 0 radical (unpaired) electrons. The van der Waals surface area contributed by atoms with Gasteiger partial charge in [0.1, 0.15) is 30.0 Å². The molecule has 1 aliphatic carbocycles. The monoisotopic (exact) mass is 391 g/mol. The van der Waals surface area contributed by atoms with Gasteiger partial charge in [0.2, 0.25) is 5.91 Å². The van der Waals surface area contributed by atoms with Crippen LogP contribution in [0.5, 0.6) is 5.75 Å². The van der Waals surface area contributed by atoms with E-state index in [1.54, 1.807) is 24.4 Å². The number of aromatic nitrogens is 1. The van der Waals surface area contributed by atoms with Crippen molar-refractivity contribution in [1.82, 2.24) is 4.98 Å². The summed E-state index contributed by atoms with van der Waals surface area (Å²) in [7, 11) is 0. The highest BCUT2D eigenvalue weighted by Gasteiger charge is 2.42. The molecule has 1 aromatic heterocycles. The minimum Gasteiger partial charge on any atom is -0.489 e. The third-order valence-corrected chi connectivity index (χ3v) is 5.26. The van der Waals surface area contributed by atoms with Crippen molar-refractivity contribution in [1.29, 1.82) is 5.26 Å². The smallest absolute Gasteiger partial charge is 0.229 e. The van der Waals surface area contributed by atoms with Crippen molar-refractivity contribution in [2.24, 2.45) is 11.8 Å². The fourth-order valence-corrected chi connectivity index (χ4v) is 3.44. The van der Waals surface area contributed by atoms with Gasteiger partial charge in [0, 0.05) is 30.9 Å². The number of nitrogens with one attached hydrogen (secondary N) is 1. The Morgan fingerprint density at radius 1 is 1.24 bits per heavy atom. The van der Waals surface area contributed by atoms with Crippen molar-refractivity contribution in [3.63, 3.8) is 0 Å². The Morgan fingerprint density at radius 3 is 2.76 bits per heavy atom. The van der Waals surface area contributed by atoms with E-state index in [9.17, 15) is 14.9 Å². The molecule has 1 saturated carbocycles. The van der Waals surface area contributed by atoms with Gasteiger partial charge in [-0.1, -0.05) is 6.07 Å². The molecule has 0 spiro atoms. The summed E-state index contributed by atoms with van der Waals surface area (Å²) in [5.74, 6) is 0.360. The van der Waals surface area contributed by atoms with Crippen LogP contribution in [0.4, 0.5) is 5.82 Å². The molecule has 29 heavy (non-hydrogen) atoms. The number of aldehydes is 1. The normalized spacial score (nSPS) is 21.1. The first kappa shape index (κ1) is 19.1. The third-order valence-electron chi connectivity index (χ3n) is 5.26. The molecule has 7 nitrogen and oxygen atoms in total. The van der Waals surface area contributed by atoms with Crippen LogP contribution in [0.3, 0.4) is 0 Å². The highest BCUT2D eigenvalue weighted by molar-refractivity contribution is 5.96. The summed E-state index contributed by atoms with van der Waals surface area (Å²) in [4.78, 5) is 27.1. The first-order chi connectivity index (χ1) is 14.2. The van der Waals surface area contributed by atoms with Crippen molar-refractivity contribution < 1.29 is 19.1 Å².